The van der Waals surface area contributed by atoms with E-state index >= 15 is 0 Å². The molecule has 0 saturated heterocycles. The van der Waals surface area contributed by atoms with Gasteiger partial charge in [0.25, 0.3) is 0 Å². The van der Waals surface area contributed by atoms with Crippen LogP contribution < -0.4 is 4.74 Å². The Hall–Kier alpha value is -1.57. The molecule has 1 aliphatic rings. The summed E-state index contributed by atoms with van der Waals surface area (Å²) in [4.78, 5) is 10.5. The first-order valence-corrected chi connectivity index (χ1v) is 10.1. The highest BCUT2D eigenvalue weighted by molar-refractivity contribution is 6.31. The molecule has 2 aromatic heterocycles. The molecule has 3 rings (SSSR count). The quantitative estimate of drug-likeness (QED) is 0.485. The number of nitrogens with zero attached hydrogens (tertiary/aromatic N) is 3. The van der Waals surface area contributed by atoms with Gasteiger partial charge in [-0.15, -0.1) is 0 Å². The molecule has 2 aromatic rings. The maximum Gasteiger partial charge on any atom is 0.422 e. The fraction of sp³-hybridized carbons (Fsp3) is 0.500. The summed E-state index contributed by atoms with van der Waals surface area (Å²) in [6, 6.07) is 3.51. The molecule has 0 spiro atoms. The highest BCUT2D eigenvalue weighted by Gasteiger charge is 2.44. The standard InChI is InChI=1S/C20H22Cl2F3N3O/c1-4-6-19(3)15-5-7-26-17(22)14(15)10-28(19)12(2)13-8-16(21)18(27-9-13)29-11-20(23,24)25/h5,7-9,12H,4,6,10-11H2,1-3H3. The fourth-order valence-corrected chi connectivity index (χ4v) is 4.50. The summed E-state index contributed by atoms with van der Waals surface area (Å²) >= 11 is 12.5. The van der Waals surface area contributed by atoms with E-state index in [0.29, 0.717) is 11.7 Å². The molecular weight excluding hydrogens is 426 g/mol. The lowest BCUT2D eigenvalue weighted by Crippen LogP contribution is -2.40. The molecule has 0 N–H and O–H groups in total. The molecule has 0 fully saturated rings. The van der Waals surface area contributed by atoms with Crippen LogP contribution in [0.5, 0.6) is 5.88 Å². The third-order valence-electron chi connectivity index (χ3n) is 5.43. The number of hydrogen-bond donors (Lipinski definition) is 0. The maximum atomic E-state index is 12.4. The van der Waals surface area contributed by atoms with E-state index in [9.17, 15) is 13.2 Å². The number of rotatable bonds is 6. The second kappa shape index (κ2) is 8.28. The molecule has 0 saturated carbocycles. The smallest absolute Gasteiger partial charge is 0.422 e. The van der Waals surface area contributed by atoms with Crippen molar-refractivity contribution < 1.29 is 17.9 Å². The van der Waals surface area contributed by atoms with Crippen molar-refractivity contribution in [3.05, 3.63) is 51.4 Å². The number of halogens is 5. The van der Waals surface area contributed by atoms with Crippen molar-refractivity contribution in [3.8, 4) is 5.88 Å². The van der Waals surface area contributed by atoms with Crippen molar-refractivity contribution in [2.24, 2.45) is 0 Å². The van der Waals surface area contributed by atoms with Crippen molar-refractivity contribution in [2.75, 3.05) is 6.61 Å². The van der Waals surface area contributed by atoms with Crippen LogP contribution in [0.2, 0.25) is 10.2 Å². The summed E-state index contributed by atoms with van der Waals surface area (Å²) in [5, 5.41) is 0.541. The summed E-state index contributed by atoms with van der Waals surface area (Å²) in [5.41, 5.74) is 2.68. The molecule has 0 aromatic carbocycles. The Labute approximate surface area is 178 Å². The lowest BCUT2D eigenvalue weighted by molar-refractivity contribution is -0.154. The van der Waals surface area contributed by atoms with Gasteiger partial charge in [0.15, 0.2) is 6.61 Å². The lowest BCUT2D eigenvalue weighted by atomic mass is 9.87. The molecule has 2 atom stereocenters. The first-order valence-electron chi connectivity index (χ1n) is 9.32. The monoisotopic (exact) mass is 447 g/mol. The molecular formula is C20H22Cl2F3N3O. The van der Waals surface area contributed by atoms with E-state index in [4.69, 9.17) is 27.9 Å². The number of alkyl halides is 3. The van der Waals surface area contributed by atoms with Gasteiger partial charge in [-0.1, -0.05) is 36.5 Å². The lowest BCUT2D eigenvalue weighted by Gasteiger charge is -2.40. The first-order chi connectivity index (χ1) is 13.6. The molecule has 0 aliphatic carbocycles. The van der Waals surface area contributed by atoms with Gasteiger partial charge in [0.05, 0.1) is 0 Å². The predicted molar refractivity (Wildman–Crippen MR) is 106 cm³/mol. The van der Waals surface area contributed by atoms with Gasteiger partial charge in [-0.25, -0.2) is 9.97 Å². The second-order valence-electron chi connectivity index (χ2n) is 7.42. The number of pyridine rings is 2. The molecule has 9 heteroatoms. The molecule has 29 heavy (non-hydrogen) atoms. The zero-order valence-corrected chi connectivity index (χ0v) is 17.9. The van der Waals surface area contributed by atoms with E-state index in [0.717, 1.165) is 29.5 Å². The van der Waals surface area contributed by atoms with Crippen LogP contribution in [0.25, 0.3) is 0 Å². The van der Waals surface area contributed by atoms with Crippen LogP contribution in [0.15, 0.2) is 24.5 Å². The van der Waals surface area contributed by atoms with Crippen LogP contribution >= 0.6 is 23.2 Å². The van der Waals surface area contributed by atoms with Gasteiger partial charge in [-0.3, -0.25) is 4.90 Å². The average molecular weight is 448 g/mol. The van der Waals surface area contributed by atoms with Crippen molar-refractivity contribution in [1.29, 1.82) is 0 Å². The maximum absolute atomic E-state index is 12.4. The molecule has 0 amide bonds. The van der Waals surface area contributed by atoms with Gasteiger partial charge in [-0.05, 0) is 43.5 Å². The number of aromatic nitrogens is 2. The number of ether oxygens (including phenoxy) is 1. The zero-order chi connectivity index (χ0) is 21.4. The molecule has 1 aliphatic heterocycles. The Balaban J connectivity index is 1.89. The van der Waals surface area contributed by atoms with Crippen molar-refractivity contribution in [1.82, 2.24) is 14.9 Å². The molecule has 158 valence electrons. The van der Waals surface area contributed by atoms with Gasteiger partial charge < -0.3 is 4.74 Å². The Morgan fingerprint density at radius 3 is 2.66 bits per heavy atom. The van der Waals surface area contributed by atoms with E-state index < -0.39 is 12.8 Å². The van der Waals surface area contributed by atoms with E-state index in [1.807, 2.05) is 13.0 Å². The van der Waals surface area contributed by atoms with Crippen LogP contribution in [0.3, 0.4) is 0 Å². The first kappa shape index (κ1) is 22.1. The van der Waals surface area contributed by atoms with Crippen molar-refractivity contribution >= 4 is 23.2 Å². The Morgan fingerprint density at radius 1 is 1.31 bits per heavy atom. The molecule has 0 radical (unpaired) electrons. The van der Waals surface area contributed by atoms with Crippen LogP contribution in [0.4, 0.5) is 13.2 Å². The van der Waals surface area contributed by atoms with Gasteiger partial charge in [0, 0.05) is 36.1 Å². The normalized spacial score (nSPS) is 20.6. The third kappa shape index (κ3) is 4.47. The van der Waals surface area contributed by atoms with Crippen LogP contribution in [-0.2, 0) is 12.1 Å². The minimum Gasteiger partial charge on any atom is -0.467 e. The van der Waals surface area contributed by atoms with Crippen LogP contribution in [-0.4, -0.2) is 27.7 Å². The number of hydrogen-bond acceptors (Lipinski definition) is 4. The summed E-state index contributed by atoms with van der Waals surface area (Å²) in [5.74, 6) is -0.229. The Kier molecular flexibility index (Phi) is 6.32. The molecule has 0 bridgehead atoms. The van der Waals surface area contributed by atoms with Crippen molar-refractivity contribution in [3.63, 3.8) is 0 Å². The Bertz CT molecular complexity index is 894. The second-order valence-corrected chi connectivity index (χ2v) is 8.18. The summed E-state index contributed by atoms with van der Waals surface area (Å²) in [7, 11) is 0. The summed E-state index contributed by atoms with van der Waals surface area (Å²) in [6.07, 6.45) is 0.667. The van der Waals surface area contributed by atoms with Crippen LogP contribution in [0, 0.1) is 0 Å². The Morgan fingerprint density at radius 2 is 2.03 bits per heavy atom. The molecule has 2 unspecified atom stereocenters. The molecule has 3 heterocycles. The van der Waals surface area contributed by atoms with Gasteiger partial charge in [-0.2, -0.15) is 13.2 Å². The van der Waals surface area contributed by atoms with Crippen molar-refractivity contribution in [2.45, 2.75) is 57.9 Å². The van der Waals surface area contributed by atoms with Gasteiger partial charge in [0.2, 0.25) is 5.88 Å². The highest BCUT2D eigenvalue weighted by Crippen LogP contribution is 2.48. The zero-order valence-electron chi connectivity index (χ0n) is 16.4. The van der Waals surface area contributed by atoms with E-state index in [1.54, 1.807) is 12.3 Å². The fourth-order valence-electron chi connectivity index (χ4n) is 4.06. The molecule has 4 nitrogen and oxygen atoms in total. The van der Waals surface area contributed by atoms with E-state index in [-0.39, 0.29) is 22.5 Å². The topological polar surface area (TPSA) is 38.2 Å². The minimum atomic E-state index is -4.45. The van der Waals surface area contributed by atoms with E-state index in [1.165, 1.54) is 6.20 Å². The third-order valence-corrected chi connectivity index (χ3v) is 6.03. The highest BCUT2D eigenvalue weighted by atomic mass is 35.5. The summed E-state index contributed by atoms with van der Waals surface area (Å²) < 4.78 is 41.9. The minimum absolute atomic E-state index is 0.0483. The van der Waals surface area contributed by atoms with Crippen LogP contribution in [0.1, 0.15) is 56.3 Å². The predicted octanol–water partition coefficient (Wildman–Crippen LogP) is 6.32. The average Bonchev–Trinajstić information content (AvgIpc) is 2.94. The van der Waals surface area contributed by atoms with Gasteiger partial charge in [0.1, 0.15) is 10.2 Å². The number of fused-ring (bicyclic) bond motifs is 1. The largest absolute Gasteiger partial charge is 0.467 e. The van der Waals surface area contributed by atoms with Gasteiger partial charge >= 0.3 is 6.18 Å². The SMILES string of the molecule is CCCC1(C)c2ccnc(Cl)c2CN1C(C)c1cnc(OCC(F)(F)F)c(Cl)c1. The van der Waals surface area contributed by atoms with E-state index in [2.05, 4.69) is 28.7 Å². The summed E-state index contributed by atoms with van der Waals surface area (Å²) in [6.45, 7) is 5.50.